The highest BCUT2D eigenvalue weighted by molar-refractivity contribution is 7.92. The van der Waals surface area contributed by atoms with Gasteiger partial charge in [0.2, 0.25) is 21.8 Å². The van der Waals surface area contributed by atoms with E-state index in [2.05, 4.69) is 5.32 Å². The number of hydrogen-bond donors (Lipinski definition) is 1. The summed E-state index contributed by atoms with van der Waals surface area (Å²) < 4.78 is 26.0. The van der Waals surface area contributed by atoms with Gasteiger partial charge in [0.25, 0.3) is 0 Å². The van der Waals surface area contributed by atoms with Crippen LogP contribution in [-0.4, -0.2) is 50.5 Å². The summed E-state index contributed by atoms with van der Waals surface area (Å²) in [4.78, 5) is 27.5. The highest BCUT2D eigenvalue weighted by atomic mass is 35.5. The van der Waals surface area contributed by atoms with E-state index in [0.29, 0.717) is 22.3 Å². The summed E-state index contributed by atoms with van der Waals surface area (Å²) in [7, 11) is -3.57. The zero-order valence-electron chi connectivity index (χ0n) is 20.3. The Morgan fingerprint density at radius 3 is 2.31 bits per heavy atom. The second-order valence-corrected chi connectivity index (χ2v) is 11.2. The molecular formula is C25H33Cl2N3O4S. The van der Waals surface area contributed by atoms with Gasteiger partial charge in [-0.05, 0) is 55.7 Å². The Balaban J connectivity index is 2.13. The van der Waals surface area contributed by atoms with Crippen molar-refractivity contribution < 1.29 is 18.0 Å². The van der Waals surface area contributed by atoms with Crippen molar-refractivity contribution in [2.75, 3.05) is 23.7 Å². The molecule has 0 aliphatic heterocycles. The van der Waals surface area contributed by atoms with Crippen LogP contribution in [0, 0.1) is 0 Å². The highest BCUT2D eigenvalue weighted by Gasteiger charge is 2.26. The van der Waals surface area contributed by atoms with E-state index < -0.39 is 16.1 Å². The first-order valence-electron chi connectivity index (χ1n) is 11.6. The van der Waals surface area contributed by atoms with Gasteiger partial charge >= 0.3 is 0 Å². The minimum atomic E-state index is -3.57. The third-order valence-corrected chi connectivity index (χ3v) is 7.19. The fourth-order valence-electron chi connectivity index (χ4n) is 3.54. The molecule has 2 amide bonds. The molecule has 0 saturated heterocycles. The third-order valence-electron chi connectivity index (χ3n) is 5.51. The molecule has 1 N–H and O–H groups in total. The van der Waals surface area contributed by atoms with Crippen LogP contribution < -0.4 is 9.62 Å². The van der Waals surface area contributed by atoms with Gasteiger partial charge in [-0.3, -0.25) is 13.9 Å². The summed E-state index contributed by atoms with van der Waals surface area (Å²) in [5.41, 5.74) is 1.28. The van der Waals surface area contributed by atoms with Gasteiger partial charge in [0.1, 0.15) is 6.04 Å². The summed E-state index contributed by atoms with van der Waals surface area (Å²) in [6, 6.07) is 13.0. The number of nitrogens with one attached hydrogen (secondary N) is 1. The number of unbranched alkanes of at least 4 members (excludes halogenated alkanes) is 1. The number of hydrogen-bond acceptors (Lipinski definition) is 4. The molecule has 35 heavy (non-hydrogen) atoms. The SMILES string of the molecule is CCCCNC(=O)C(C)N(Cc1ccc(Cl)cc1)C(=O)CCCN(c1cccc(Cl)c1)S(C)(=O)=O. The fraction of sp³-hybridized carbons (Fsp3) is 0.440. The van der Waals surface area contributed by atoms with Crippen LogP contribution in [0.4, 0.5) is 5.69 Å². The van der Waals surface area contributed by atoms with Crippen molar-refractivity contribution in [2.45, 2.75) is 52.1 Å². The van der Waals surface area contributed by atoms with Gasteiger partial charge in [0, 0.05) is 36.1 Å². The molecule has 0 bridgehead atoms. The number of nitrogens with zero attached hydrogens (tertiary/aromatic N) is 2. The van der Waals surface area contributed by atoms with Gasteiger partial charge < -0.3 is 10.2 Å². The minimum absolute atomic E-state index is 0.0761. The Morgan fingerprint density at radius 2 is 1.71 bits per heavy atom. The lowest BCUT2D eigenvalue weighted by Gasteiger charge is -2.29. The van der Waals surface area contributed by atoms with Crippen LogP contribution in [0.5, 0.6) is 0 Å². The number of rotatable bonds is 13. The molecule has 1 unspecified atom stereocenters. The molecule has 0 saturated carbocycles. The van der Waals surface area contributed by atoms with Crippen LogP contribution in [-0.2, 0) is 26.2 Å². The molecule has 7 nitrogen and oxygen atoms in total. The van der Waals surface area contributed by atoms with E-state index >= 15 is 0 Å². The van der Waals surface area contributed by atoms with Crippen molar-refractivity contribution in [3.8, 4) is 0 Å². The lowest BCUT2D eigenvalue weighted by Crippen LogP contribution is -2.47. The Kier molecular flexibility index (Phi) is 11.3. The van der Waals surface area contributed by atoms with Crippen LogP contribution in [0.3, 0.4) is 0 Å². The van der Waals surface area contributed by atoms with E-state index in [1.54, 1.807) is 43.3 Å². The van der Waals surface area contributed by atoms with E-state index in [1.165, 1.54) is 9.21 Å². The number of benzene rings is 2. The monoisotopic (exact) mass is 541 g/mol. The molecule has 0 spiro atoms. The Bertz CT molecular complexity index is 1090. The van der Waals surface area contributed by atoms with Gasteiger partial charge in [0.15, 0.2) is 0 Å². The second-order valence-electron chi connectivity index (χ2n) is 8.39. The molecule has 2 aromatic rings. The van der Waals surface area contributed by atoms with E-state index in [-0.39, 0.29) is 37.7 Å². The zero-order valence-corrected chi connectivity index (χ0v) is 22.7. The first kappa shape index (κ1) is 28.9. The quantitative estimate of drug-likeness (QED) is 0.366. The predicted octanol–water partition coefficient (Wildman–Crippen LogP) is 4.87. The molecule has 2 rings (SSSR count). The summed E-state index contributed by atoms with van der Waals surface area (Å²) >= 11 is 12.0. The maximum atomic E-state index is 13.2. The number of carbonyl (C=O) groups excluding carboxylic acids is 2. The van der Waals surface area contributed by atoms with Crippen LogP contribution in [0.2, 0.25) is 10.0 Å². The Hall–Kier alpha value is -2.29. The maximum absolute atomic E-state index is 13.2. The molecular weight excluding hydrogens is 509 g/mol. The molecule has 0 aliphatic rings. The molecule has 0 fully saturated rings. The smallest absolute Gasteiger partial charge is 0.242 e. The van der Waals surface area contributed by atoms with Crippen molar-refractivity contribution in [3.05, 3.63) is 64.1 Å². The largest absolute Gasteiger partial charge is 0.354 e. The number of carbonyl (C=O) groups is 2. The average molecular weight is 543 g/mol. The normalized spacial score (nSPS) is 12.1. The van der Waals surface area contributed by atoms with Crippen LogP contribution in [0.1, 0.15) is 45.1 Å². The standard InChI is InChI=1S/C25H33Cl2N3O4S/c1-4-5-15-28-25(32)19(2)29(18-20-11-13-21(26)14-12-20)24(31)10-7-16-30(35(3,33)34)23-9-6-8-22(27)17-23/h6,8-9,11-14,17,19H,4-5,7,10,15-16,18H2,1-3H3,(H,28,32). The maximum Gasteiger partial charge on any atom is 0.242 e. The summed E-state index contributed by atoms with van der Waals surface area (Å²) in [6.45, 7) is 4.63. The first-order chi connectivity index (χ1) is 16.5. The Morgan fingerprint density at radius 1 is 1.03 bits per heavy atom. The molecule has 1 atom stereocenters. The fourth-order valence-corrected chi connectivity index (χ4v) is 4.81. The van der Waals surface area contributed by atoms with E-state index in [4.69, 9.17) is 23.2 Å². The lowest BCUT2D eigenvalue weighted by molar-refractivity contribution is -0.140. The molecule has 0 heterocycles. The predicted molar refractivity (Wildman–Crippen MR) is 142 cm³/mol. The van der Waals surface area contributed by atoms with Crippen molar-refractivity contribution in [3.63, 3.8) is 0 Å². The van der Waals surface area contributed by atoms with Crippen LogP contribution in [0.15, 0.2) is 48.5 Å². The van der Waals surface area contributed by atoms with Crippen LogP contribution >= 0.6 is 23.2 Å². The van der Waals surface area contributed by atoms with Gasteiger partial charge in [0.05, 0.1) is 11.9 Å². The lowest BCUT2D eigenvalue weighted by atomic mass is 10.1. The summed E-state index contributed by atoms with van der Waals surface area (Å²) in [6.07, 6.45) is 3.28. The van der Waals surface area contributed by atoms with Crippen LogP contribution in [0.25, 0.3) is 0 Å². The Labute approximate surface area is 218 Å². The van der Waals surface area contributed by atoms with Gasteiger partial charge in [-0.2, -0.15) is 0 Å². The minimum Gasteiger partial charge on any atom is -0.354 e. The number of sulfonamides is 1. The first-order valence-corrected chi connectivity index (χ1v) is 14.2. The molecule has 0 aromatic heterocycles. The van der Waals surface area contributed by atoms with Crippen molar-refractivity contribution >= 4 is 50.7 Å². The number of amides is 2. The number of halogens is 2. The van der Waals surface area contributed by atoms with Gasteiger partial charge in [-0.15, -0.1) is 0 Å². The van der Waals surface area contributed by atoms with Crippen molar-refractivity contribution in [2.24, 2.45) is 0 Å². The van der Waals surface area contributed by atoms with E-state index in [9.17, 15) is 18.0 Å². The van der Waals surface area contributed by atoms with E-state index in [1.807, 2.05) is 19.1 Å². The average Bonchev–Trinajstić information content (AvgIpc) is 2.80. The molecule has 2 aromatic carbocycles. The summed E-state index contributed by atoms with van der Waals surface area (Å²) in [5.74, 6) is -0.463. The second kappa shape index (κ2) is 13.7. The summed E-state index contributed by atoms with van der Waals surface area (Å²) in [5, 5.41) is 3.88. The van der Waals surface area contributed by atoms with Gasteiger partial charge in [-0.1, -0.05) is 54.7 Å². The number of anilines is 1. The van der Waals surface area contributed by atoms with Crippen molar-refractivity contribution in [1.29, 1.82) is 0 Å². The zero-order chi connectivity index (χ0) is 26.0. The van der Waals surface area contributed by atoms with Gasteiger partial charge in [-0.25, -0.2) is 8.42 Å². The topological polar surface area (TPSA) is 86.8 Å². The van der Waals surface area contributed by atoms with Crippen molar-refractivity contribution in [1.82, 2.24) is 10.2 Å². The van der Waals surface area contributed by atoms with E-state index in [0.717, 1.165) is 24.7 Å². The molecule has 10 heteroatoms. The molecule has 0 radical (unpaired) electrons. The molecule has 192 valence electrons. The molecule has 0 aliphatic carbocycles. The third kappa shape index (κ3) is 9.35. The highest BCUT2D eigenvalue weighted by Crippen LogP contribution is 2.23.